The second-order valence-corrected chi connectivity index (χ2v) is 6.69. The van der Waals surface area contributed by atoms with Crippen LogP contribution in [0.3, 0.4) is 0 Å². The predicted octanol–water partition coefficient (Wildman–Crippen LogP) is 5.00. The van der Waals surface area contributed by atoms with Crippen LogP contribution in [0.4, 0.5) is 5.69 Å². The Hall–Kier alpha value is -1.87. The molecule has 0 heterocycles. The Balaban J connectivity index is 1.71. The van der Waals surface area contributed by atoms with Crippen molar-refractivity contribution in [3.8, 4) is 0 Å². The molecule has 1 saturated carbocycles. The molecule has 0 amide bonds. The zero-order chi connectivity index (χ0) is 16.1. The molecule has 1 fully saturated rings. The molecule has 0 aliphatic heterocycles. The van der Waals surface area contributed by atoms with Gasteiger partial charge in [-0.2, -0.15) is 0 Å². The molecule has 1 aliphatic carbocycles. The van der Waals surface area contributed by atoms with Gasteiger partial charge in [-0.25, -0.2) is 0 Å². The minimum atomic E-state index is -0.0191. The third kappa shape index (κ3) is 3.73. The second-order valence-electron chi connectivity index (χ2n) is 6.28. The van der Waals surface area contributed by atoms with Crippen LogP contribution in [0.25, 0.3) is 0 Å². The van der Waals surface area contributed by atoms with Gasteiger partial charge in [-0.1, -0.05) is 62.2 Å². The van der Waals surface area contributed by atoms with Crippen molar-refractivity contribution in [1.82, 2.24) is 5.32 Å². The summed E-state index contributed by atoms with van der Waals surface area (Å²) in [5.41, 5.74) is 3.70. The highest BCUT2D eigenvalue weighted by Gasteiger charge is 2.35. The SMILES string of the molecule is CCc1ccc(NC(=S)NC2(c3ccccc3)CCCC2)cc1. The first-order valence-corrected chi connectivity index (χ1v) is 8.86. The fourth-order valence-corrected chi connectivity index (χ4v) is 3.74. The molecule has 2 nitrogen and oxygen atoms in total. The lowest BCUT2D eigenvalue weighted by atomic mass is 9.88. The molecule has 0 radical (unpaired) electrons. The number of anilines is 1. The molecule has 3 heteroatoms. The first-order valence-electron chi connectivity index (χ1n) is 8.45. The van der Waals surface area contributed by atoms with E-state index < -0.39 is 0 Å². The van der Waals surface area contributed by atoms with Crippen LogP contribution in [0.2, 0.25) is 0 Å². The van der Waals surface area contributed by atoms with E-state index in [-0.39, 0.29) is 5.54 Å². The standard InChI is InChI=1S/C20H24N2S/c1-2-16-10-12-18(13-11-16)21-19(23)22-20(14-6-7-15-20)17-8-4-3-5-9-17/h3-5,8-13H,2,6-7,14-15H2,1H3,(H2,21,22,23). The maximum Gasteiger partial charge on any atom is 0.171 e. The summed E-state index contributed by atoms with van der Waals surface area (Å²) in [6.45, 7) is 2.17. The Morgan fingerprint density at radius 1 is 1.00 bits per heavy atom. The van der Waals surface area contributed by atoms with E-state index in [1.54, 1.807) is 0 Å². The summed E-state index contributed by atoms with van der Waals surface area (Å²) < 4.78 is 0. The van der Waals surface area contributed by atoms with Gasteiger partial charge in [0, 0.05) is 5.69 Å². The molecule has 3 rings (SSSR count). The van der Waals surface area contributed by atoms with Gasteiger partial charge >= 0.3 is 0 Å². The van der Waals surface area contributed by atoms with E-state index in [2.05, 4.69) is 72.2 Å². The Morgan fingerprint density at radius 2 is 1.65 bits per heavy atom. The average molecular weight is 324 g/mol. The molecule has 0 bridgehead atoms. The molecule has 2 N–H and O–H groups in total. The van der Waals surface area contributed by atoms with Crippen molar-refractivity contribution in [2.45, 2.75) is 44.6 Å². The van der Waals surface area contributed by atoms with E-state index in [9.17, 15) is 0 Å². The van der Waals surface area contributed by atoms with Gasteiger partial charge in [0.15, 0.2) is 5.11 Å². The van der Waals surface area contributed by atoms with Gasteiger partial charge in [-0.05, 0) is 54.7 Å². The Kier molecular flexibility index (Phi) is 4.97. The van der Waals surface area contributed by atoms with Gasteiger partial charge in [0.25, 0.3) is 0 Å². The fraction of sp³-hybridized carbons (Fsp3) is 0.350. The molecule has 0 spiro atoms. The first-order chi connectivity index (χ1) is 11.2. The predicted molar refractivity (Wildman–Crippen MR) is 102 cm³/mol. The van der Waals surface area contributed by atoms with Gasteiger partial charge in [0.2, 0.25) is 0 Å². The summed E-state index contributed by atoms with van der Waals surface area (Å²) in [6, 6.07) is 19.2. The van der Waals surface area contributed by atoms with Crippen LogP contribution in [0.15, 0.2) is 54.6 Å². The van der Waals surface area contributed by atoms with Gasteiger partial charge < -0.3 is 10.6 Å². The molecule has 0 atom stereocenters. The highest BCUT2D eigenvalue weighted by atomic mass is 32.1. The minimum Gasteiger partial charge on any atom is -0.353 e. The van der Waals surface area contributed by atoms with Crippen molar-refractivity contribution in [3.05, 3.63) is 65.7 Å². The molecular formula is C20H24N2S. The Bertz CT molecular complexity index is 643. The third-order valence-electron chi connectivity index (χ3n) is 4.76. The molecule has 0 saturated heterocycles. The highest BCUT2D eigenvalue weighted by Crippen LogP contribution is 2.38. The van der Waals surface area contributed by atoms with Crippen molar-refractivity contribution in [2.75, 3.05) is 5.32 Å². The average Bonchev–Trinajstić information content (AvgIpc) is 3.06. The normalized spacial score (nSPS) is 16.0. The van der Waals surface area contributed by atoms with Crippen molar-refractivity contribution >= 4 is 23.0 Å². The summed E-state index contributed by atoms with van der Waals surface area (Å²) in [7, 11) is 0. The Morgan fingerprint density at radius 3 is 2.26 bits per heavy atom. The van der Waals surface area contributed by atoms with Gasteiger partial charge in [-0.3, -0.25) is 0 Å². The Labute approximate surface area is 144 Å². The van der Waals surface area contributed by atoms with Gasteiger partial charge in [0.05, 0.1) is 5.54 Å². The van der Waals surface area contributed by atoms with E-state index in [0.29, 0.717) is 5.11 Å². The van der Waals surface area contributed by atoms with E-state index in [1.807, 2.05) is 0 Å². The van der Waals surface area contributed by atoms with Gasteiger partial charge in [0.1, 0.15) is 0 Å². The van der Waals surface area contributed by atoms with E-state index >= 15 is 0 Å². The summed E-state index contributed by atoms with van der Waals surface area (Å²) in [4.78, 5) is 0. The van der Waals surface area contributed by atoms with Crippen LogP contribution in [-0.4, -0.2) is 5.11 Å². The quantitative estimate of drug-likeness (QED) is 0.774. The second kappa shape index (κ2) is 7.14. The maximum absolute atomic E-state index is 5.58. The molecule has 23 heavy (non-hydrogen) atoms. The van der Waals surface area contributed by atoms with Crippen LogP contribution in [0, 0.1) is 0 Å². The summed E-state index contributed by atoms with van der Waals surface area (Å²) >= 11 is 5.58. The van der Waals surface area contributed by atoms with Crippen molar-refractivity contribution in [2.24, 2.45) is 0 Å². The number of hydrogen-bond donors (Lipinski definition) is 2. The van der Waals surface area contributed by atoms with Crippen molar-refractivity contribution in [3.63, 3.8) is 0 Å². The molecule has 1 aliphatic rings. The molecule has 2 aromatic rings. The highest BCUT2D eigenvalue weighted by molar-refractivity contribution is 7.80. The number of rotatable bonds is 4. The number of nitrogens with one attached hydrogen (secondary N) is 2. The molecule has 0 aromatic heterocycles. The van der Waals surface area contributed by atoms with Crippen molar-refractivity contribution < 1.29 is 0 Å². The molecule has 0 unspecified atom stereocenters. The smallest absolute Gasteiger partial charge is 0.171 e. The zero-order valence-corrected chi connectivity index (χ0v) is 14.5. The lowest BCUT2D eigenvalue weighted by molar-refractivity contribution is 0.408. The van der Waals surface area contributed by atoms with E-state index in [0.717, 1.165) is 24.9 Å². The number of aryl methyl sites for hydroxylation is 1. The molecule has 2 aromatic carbocycles. The third-order valence-corrected chi connectivity index (χ3v) is 4.96. The maximum atomic E-state index is 5.58. The van der Waals surface area contributed by atoms with Crippen LogP contribution < -0.4 is 10.6 Å². The summed E-state index contributed by atoms with van der Waals surface area (Å²) in [6.07, 6.45) is 5.81. The molecule has 120 valence electrons. The number of benzene rings is 2. The van der Waals surface area contributed by atoms with E-state index in [4.69, 9.17) is 12.2 Å². The number of thiocarbonyl (C=S) groups is 1. The van der Waals surface area contributed by atoms with Crippen LogP contribution in [0.1, 0.15) is 43.7 Å². The molecular weight excluding hydrogens is 300 g/mol. The lowest BCUT2D eigenvalue weighted by Crippen LogP contribution is -2.45. The first kappa shape index (κ1) is 16.0. The fourth-order valence-electron chi connectivity index (χ4n) is 3.43. The topological polar surface area (TPSA) is 24.1 Å². The van der Waals surface area contributed by atoms with Crippen LogP contribution in [-0.2, 0) is 12.0 Å². The van der Waals surface area contributed by atoms with Crippen molar-refractivity contribution in [1.29, 1.82) is 0 Å². The van der Waals surface area contributed by atoms with Gasteiger partial charge in [-0.15, -0.1) is 0 Å². The van der Waals surface area contributed by atoms with Crippen LogP contribution in [0.5, 0.6) is 0 Å². The largest absolute Gasteiger partial charge is 0.353 e. The minimum absolute atomic E-state index is 0.0191. The lowest BCUT2D eigenvalue weighted by Gasteiger charge is -2.32. The summed E-state index contributed by atoms with van der Waals surface area (Å²) in [5, 5.41) is 7.65. The summed E-state index contributed by atoms with van der Waals surface area (Å²) in [5.74, 6) is 0. The van der Waals surface area contributed by atoms with Crippen LogP contribution >= 0.6 is 12.2 Å². The monoisotopic (exact) mass is 324 g/mol. The number of hydrogen-bond acceptors (Lipinski definition) is 1. The van der Waals surface area contributed by atoms with E-state index in [1.165, 1.54) is 24.0 Å². The zero-order valence-electron chi connectivity index (χ0n) is 13.6.